The minimum absolute atomic E-state index is 0.277. The van der Waals surface area contributed by atoms with Gasteiger partial charge in [0.25, 0.3) is 5.91 Å². The number of benzene rings is 2. The van der Waals surface area contributed by atoms with Gasteiger partial charge in [-0.15, -0.1) is 11.3 Å². The van der Waals surface area contributed by atoms with Gasteiger partial charge in [0, 0.05) is 10.4 Å². The average molecular weight is 368 g/mol. The number of hydrogen-bond acceptors (Lipinski definition) is 2. The number of fused-ring (bicyclic) bond motifs is 1. The molecule has 0 saturated heterocycles. The summed E-state index contributed by atoms with van der Waals surface area (Å²) in [4.78, 5) is 12.6. The van der Waals surface area contributed by atoms with Crippen molar-refractivity contribution >= 4 is 48.9 Å². The van der Waals surface area contributed by atoms with Crippen molar-refractivity contribution in [3.05, 3.63) is 63.4 Å². The van der Waals surface area contributed by atoms with Crippen LogP contribution in [0.1, 0.15) is 9.67 Å². The van der Waals surface area contributed by atoms with Crippen LogP contribution in [0.5, 0.6) is 0 Å². The van der Waals surface area contributed by atoms with Gasteiger partial charge in [-0.25, -0.2) is 8.78 Å². The van der Waals surface area contributed by atoms with E-state index in [-0.39, 0.29) is 16.2 Å². The lowest BCUT2D eigenvalue weighted by atomic mass is 10.2. The Balaban J connectivity index is 1.87. The third-order valence-corrected chi connectivity index (χ3v) is 4.59. The maximum absolute atomic E-state index is 13.1. The summed E-state index contributed by atoms with van der Waals surface area (Å²) in [5.74, 6) is -1.04. The van der Waals surface area contributed by atoms with Crippen LogP contribution in [0, 0.1) is 11.6 Å². The van der Waals surface area contributed by atoms with E-state index in [0.717, 1.165) is 5.39 Å². The summed E-state index contributed by atoms with van der Waals surface area (Å²) in [6.07, 6.45) is 0. The molecular formula is C15H8BrF2NOS. The van der Waals surface area contributed by atoms with Crippen LogP contribution >= 0.6 is 27.3 Å². The largest absolute Gasteiger partial charge is 0.321 e. The SMILES string of the molecule is O=C(Nc1ccc(F)c(Br)c1)c1cc2ccc(F)cc2s1. The van der Waals surface area contributed by atoms with Gasteiger partial charge in [-0.1, -0.05) is 6.07 Å². The summed E-state index contributed by atoms with van der Waals surface area (Å²) >= 11 is 4.27. The first-order valence-corrected chi connectivity index (χ1v) is 7.59. The number of thiophene rings is 1. The molecule has 3 rings (SSSR count). The van der Waals surface area contributed by atoms with Crippen molar-refractivity contribution in [1.82, 2.24) is 0 Å². The van der Waals surface area contributed by atoms with Crippen molar-refractivity contribution in [2.45, 2.75) is 0 Å². The van der Waals surface area contributed by atoms with Crippen molar-refractivity contribution in [1.29, 1.82) is 0 Å². The fourth-order valence-electron chi connectivity index (χ4n) is 1.88. The second kappa shape index (κ2) is 5.54. The van der Waals surface area contributed by atoms with Gasteiger partial charge in [-0.05, 0) is 57.7 Å². The van der Waals surface area contributed by atoms with Crippen LogP contribution in [0.3, 0.4) is 0 Å². The highest BCUT2D eigenvalue weighted by atomic mass is 79.9. The Labute approximate surface area is 131 Å². The Hall–Kier alpha value is -1.79. The monoisotopic (exact) mass is 367 g/mol. The predicted molar refractivity (Wildman–Crippen MR) is 83.8 cm³/mol. The van der Waals surface area contributed by atoms with Crippen LogP contribution < -0.4 is 5.32 Å². The maximum atomic E-state index is 13.1. The molecule has 0 unspecified atom stereocenters. The minimum Gasteiger partial charge on any atom is -0.321 e. The standard InChI is InChI=1S/C15H8BrF2NOS/c16-11-7-10(3-4-12(11)18)19-15(20)14-5-8-1-2-9(17)6-13(8)21-14/h1-7H,(H,19,20). The van der Waals surface area contributed by atoms with Crippen LogP contribution in [-0.2, 0) is 0 Å². The summed E-state index contributed by atoms with van der Waals surface area (Å²) in [5, 5.41) is 3.49. The van der Waals surface area contributed by atoms with E-state index < -0.39 is 5.82 Å². The molecule has 106 valence electrons. The Morgan fingerprint density at radius 3 is 2.67 bits per heavy atom. The Morgan fingerprint density at radius 1 is 1.10 bits per heavy atom. The molecule has 2 aromatic carbocycles. The van der Waals surface area contributed by atoms with Gasteiger partial charge in [0.2, 0.25) is 0 Å². The normalized spacial score (nSPS) is 10.8. The van der Waals surface area contributed by atoms with Crippen LogP contribution in [-0.4, -0.2) is 5.91 Å². The zero-order chi connectivity index (χ0) is 15.0. The first kappa shape index (κ1) is 14.2. The van der Waals surface area contributed by atoms with Crippen molar-refractivity contribution in [2.75, 3.05) is 5.32 Å². The molecule has 21 heavy (non-hydrogen) atoms. The molecule has 6 heteroatoms. The second-order valence-electron chi connectivity index (χ2n) is 4.38. The molecule has 1 N–H and O–H groups in total. The molecule has 2 nitrogen and oxygen atoms in total. The molecule has 0 aliphatic heterocycles. The summed E-state index contributed by atoms with van der Waals surface area (Å²) < 4.78 is 27.3. The van der Waals surface area contributed by atoms with Crippen LogP contribution in [0.2, 0.25) is 0 Å². The molecule has 0 saturated carbocycles. The number of amides is 1. The van der Waals surface area contributed by atoms with Crippen molar-refractivity contribution in [3.63, 3.8) is 0 Å². The fourth-order valence-corrected chi connectivity index (χ4v) is 3.25. The third kappa shape index (κ3) is 2.96. The van der Waals surface area contributed by atoms with Gasteiger partial charge in [-0.2, -0.15) is 0 Å². The molecule has 1 amide bonds. The van der Waals surface area contributed by atoms with Gasteiger partial charge < -0.3 is 5.32 Å². The van der Waals surface area contributed by atoms with Crippen LogP contribution in [0.25, 0.3) is 10.1 Å². The van der Waals surface area contributed by atoms with E-state index in [4.69, 9.17) is 0 Å². The first-order chi connectivity index (χ1) is 10.0. The van der Waals surface area contributed by atoms with E-state index >= 15 is 0 Å². The molecule has 0 fully saturated rings. The van der Waals surface area contributed by atoms with E-state index in [1.54, 1.807) is 12.1 Å². The number of halogens is 3. The van der Waals surface area contributed by atoms with Gasteiger partial charge >= 0.3 is 0 Å². The summed E-state index contributed by atoms with van der Waals surface area (Å²) in [7, 11) is 0. The Morgan fingerprint density at radius 2 is 1.90 bits per heavy atom. The van der Waals surface area contributed by atoms with Crippen molar-refractivity contribution in [2.24, 2.45) is 0 Å². The highest BCUT2D eigenvalue weighted by Gasteiger charge is 2.12. The van der Waals surface area contributed by atoms with Crippen LogP contribution in [0.15, 0.2) is 46.9 Å². The lowest BCUT2D eigenvalue weighted by Crippen LogP contribution is -2.10. The van der Waals surface area contributed by atoms with Gasteiger partial charge in [0.1, 0.15) is 11.6 Å². The zero-order valence-electron chi connectivity index (χ0n) is 10.5. The lowest BCUT2D eigenvalue weighted by Gasteiger charge is -2.04. The van der Waals surface area contributed by atoms with Gasteiger partial charge in [0.05, 0.1) is 9.35 Å². The Bertz CT molecular complexity index is 847. The van der Waals surface area contributed by atoms with E-state index in [0.29, 0.717) is 15.3 Å². The Kier molecular flexibility index (Phi) is 3.73. The second-order valence-corrected chi connectivity index (χ2v) is 6.31. The lowest BCUT2D eigenvalue weighted by molar-refractivity contribution is 0.103. The molecule has 0 bridgehead atoms. The van der Waals surface area contributed by atoms with Crippen LogP contribution in [0.4, 0.5) is 14.5 Å². The number of nitrogens with one attached hydrogen (secondary N) is 1. The smallest absolute Gasteiger partial charge is 0.265 e. The number of carbonyl (C=O) groups is 1. The summed E-state index contributed by atoms with van der Waals surface area (Å²) in [6, 6.07) is 10.3. The number of rotatable bonds is 2. The van der Waals surface area contributed by atoms with Gasteiger partial charge in [-0.3, -0.25) is 4.79 Å². The van der Waals surface area contributed by atoms with E-state index in [2.05, 4.69) is 21.2 Å². The van der Waals surface area contributed by atoms with Gasteiger partial charge in [0.15, 0.2) is 0 Å². The van der Waals surface area contributed by atoms with E-state index in [1.807, 2.05) is 0 Å². The zero-order valence-corrected chi connectivity index (χ0v) is 12.9. The highest BCUT2D eigenvalue weighted by molar-refractivity contribution is 9.10. The topological polar surface area (TPSA) is 29.1 Å². The highest BCUT2D eigenvalue weighted by Crippen LogP contribution is 2.27. The molecule has 0 radical (unpaired) electrons. The molecule has 1 aromatic heterocycles. The molecule has 1 heterocycles. The average Bonchev–Trinajstić information content (AvgIpc) is 2.86. The van der Waals surface area contributed by atoms with E-state index in [1.165, 1.54) is 41.7 Å². The molecule has 0 aliphatic rings. The third-order valence-electron chi connectivity index (χ3n) is 2.88. The summed E-state index contributed by atoms with van der Waals surface area (Å²) in [5.41, 5.74) is 0.483. The molecule has 0 aliphatic carbocycles. The molecular weight excluding hydrogens is 360 g/mol. The predicted octanol–water partition coefficient (Wildman–Crippen LogP) is 5.19. The number of hydrogen-bond donors (Lipinski definition) is 1. The quantitative estimate of drug-likeness (QED) is 0.662. The van der Waals surface area contributed by atoms with Crippen molar-refractivity contribution < 1.29 is 13.6 Å². The molecule has 0 atom stereocenters. The first-order valence-electron chi connectivity index (χ1n) is 5.98. The number of carbonyl (C=O) groups excluding carboxylic acids is 1. The van der Waals surface area contributed by atoms with Crippen molar-refractivity contribution in [3.8, 4) is 0 Å². The van der Waals surface area contributed by atoms with E-state index in [9.17, 15) is 13.6 Å². The summed E-state index contributed by atoms with van der Waals surface area (Å²) in [6.45, 7) is 0. The molecule has 0 spiro atoms. The maximum Gasteiger partial charge on any atom is 0.265 e. The number of anilines is 1. The fraction of sp³-hybridized carbons (Fsp3) is 0. The minimum atomic E-state index is -0.398. The molecule has 3 aromatic rings.